The maximum Gasteiger partial charge on any atom is 0.295 e. The second kappa shape index (κ2) is 5.59. The van der Waals surface area contributed by atoms with E-state index in [9.17, 15) is 17.2 Å². The largest absolute Gasteiger partial charge is 0.446 e. The highest BCUT2D eigenvalue weighted by atomic mass is 32.2. The molecule has 0 radical (unpaired) electrons. The maximum atomic E-state index is 13.4. The summed E-state index contributed by atoms with van der Waals surface area (Å²) in [6.07, 6.45) is 0. The molecule has 5 nitrogen and oxygen atoms in total. The van der Waals surface area contributed by atoms with Crippen molar-refractivity contribution >= 4 is 15.7 Å². The molecule has 1 aromatic heterocycles. The van der Waals surface area contributed by atoms with Crippen LogP contribution in [0.3, 0.4) is 0 Å². The van der Waals surface area contributed by atoms with Crippen molar-refractivity contribution in [1.82, 2.24) is 5.32 Å². The lowest BCUT2D eigenvalue weighted by Gasteiger charge is -2.06. The normalized spacial score (nSPS) is 11.6. The first-order valence-electron chi connectivity index (χ1n) is 5.63. The molecule has 0 saturated carbocycles. The second-order valence-electron chi connectivity index (χ2n) is 3.98. The van der Waals surface area contributed by atoms with E-state index in [1.807, 2.05) is 4.72 Å². The summed E-state index contributed by atoms with van der Waals surface area (Å²) >= 11 is 0. The molecule has 0 aliphatic rings. The van der Waals surface area contributed by atoms with E-state index in [2.05, 4.69) is 5.32 Å². The standard InChI is InChI=1S/C12H12F2N2O3S/c1-15-7-9-3-5-12(19-9)20(17,18)16-11-4-2-8(13)6-10(11)14/h2-6,15-16H,7H2,1H3. The molecule has 0 unspecified atom stereocenters. The van der Waals surface area contributed by atoms with Crippen LogP contribution in [-0.2, 0) is 16.6 Å². The fraction of sp³-hybridized carbons (Fsp3) is 0.167. The van der Waals surface area contributed by atoms with Crippen molar-refractivity contribution in [3.8, 4) is 0 Å². The lowest BCUT2D eigenvalue weighted by molar-refractivity contribution is 0.408. The maximum absolute atomic E-state index is 13.4. The van der Waals surface area contributed by atoms with Gasteiger partial charge in [0.1, 0.15) is 17.4 Å². The van der Waals surface area contributed by atoms with Gasteiger partial charge in [0.15, 0.2) is 0 Å². The molecule has 0 spiro atoms. The third-order valence-electron chi connectivity index (χ3n) is 2.43. The van der Waals surface area contributed by atoms with Gasteiger partial charge in [0.25, 0.3) is 10.0 Å². The molecule has 0 atom stereocenters. The van der Waals surface area contributed by atoms with E-state index in [4.69, 9.17) is 4.42 Å². The van der Waals surface area contributed by atoms with E-state index in [0.29, 0.717) is 18.4 Å². The number of halogens is 2. The van der Waals surface area contributed by atoms with Gasteiger partial charge in [0, 0.05) is 6.07 Å². The van der Waals surface area contributed by atoms with Gasteiger partial charge in [-0.2, -0.15) is 8.42 Å². The van der Waals surface area contributed by atoms with Gasteiger partial charge in [-0.15, -0.1) is 0 Å². The van der Waals surface area contributed by atoms with Gasteiger partial charge < -0.3 is 9.73 Å². The van der Waals surface area contributed by atoms with Gasteiger partial charge in [-0.3, -0.25) is 4.72 Å². The Labute approximate surface area is 114 Å². The summed E-state index contributed by atoms with van der Waals surface area (Å²) in [6.45, 7) is 0.362. The third-order valence-corrected chi connectivity index (χ3v) is 3.67. The number of rotatable bonds is 5. The summed E-state index contributed by atoms with van der Waals surface area (Å²) in [5.74, 6) is -1.37. The quantitative estimate of drug-likeness (QED) is 0.887. The van der Waals surface area contributed by atoms with Crippen LogP contribution < -0.4 is 10.0 Å². The number of furan rings is 1. The molecule has 2 aromatic rings. The highest BCUT2D eigenvalue weighted by Crippen LogP contribution is 2.21. The fourth-order valence-corrected chi connectivity index (χ4v) is 2.56. The predicted octanol–water partition coefficient (Wildman–Crippen LogP) is 2.08. The molecule has 8 heteroatoms. The molecule has 1 aromatic carbocycles. The lowest BCUT2D eigenvalue weighted by Crippen LogP contribution is -2.13. The summed E-state index contributed by atoms with van der Waals surface area (Å²) in [4.78, 5) is 0. The lowest BCUT2D eigenvalue weighted by atomic mass is 10.3. The summed E-state index contributed by atoms with van der Waals surface area (Å²) in [5.41, 5.74) is -0.349. The van der Waals surface area contributed by atoms with Gasteiger partial charge in [-0.05, 0) is 31.3 Å². The zero-order valence-corrected chi connectivity index (χ0v) is 11.3. The minimum atomic E-state index is -4.05. The van der Waals surface area contributed by atoms with Gasteiger partial charge in [0.05, 0.1) is 12.2 Å². The summed E-state index contributed by atoms with van der Waals surface area (Å²) in [7, 11) is -2.37. The minimum absolute atomic E-state index is 0.341. The smallest absolute Gasteiger partial charge is 0.295 e. The topological polar surface area (TPSA) is 71.3 Å². The van der Waals surface area contributed by atoms with E-state index in [1.165, 1.54) is 12.1 Å². The van der Waals surface area contributed by atoms with Gasteiger partial charge in [-0.25, -0.2) is 8.78 Å². The van der Waals surface area contributed by atoms with Crippen molar-refractivity contribution in [3.05, 3.63) is 47.7 Å². The summed E-state index contributed by atoms with van der Waals surface area (Å²) in [5, 5.41) is 2.46. The van der Waals surface area contributed by atoms with Crippen LogP contribution in [0.25, 0.3) is 0 Å². The number of nitrogens with one attached hydrogen (secondary N) is 2. The van der Waals surface area contributed by atoms with Crippen LogP contribution in [0.5, 0.6) is 0 Å². The number of hydrogen-bond acceptors (Lipinski definition) is 4. The molecule has 0 bridgehead atoms. The average molecular weight is 302 g/mol. The Morgan fingerprint density at radius 2 is 1.95 bits per heavy atom. The van der Waals surface area contributed by atoms with Crippen LogP contribution in [0.1, 0.15) is 5.76 Å². The van der Waals surface area contributed by atoms with E-state index >= 15 is 0 Å². The molecular formula is C12H12F2N2O3S. The minimum Gasteiger partial charge on any atom is -0.446 e. The van der Waals surface area contributed by atoms with E-state index in [0.717, 1.165) is 12.1 Å². The number of anilines is 1. The zero-order chi connectivity index (χ0) is 14.8. The Hall–Kier alpha value is -1.93. The fourth-order valence-electron chi connectivity index (χ4n) is 1.54. The number of hydrogen-bond donors (Lipinski definition) is 2. The molecule has 20 heavy (non-hydrogen) atoms. The van der Waals surface area contributed by atoms with Crippen LogP contribution in [0.4, 0.5) is 14.5 Å². The van der Waals surface area contributed by atoms with Gasteiger partial charge in [-0.1, -0.05) is 0 Å². The molecule has 0 aliphatic carbocycles. The number of sulfonamides is 1. The van der Waals surface area contributed by atoms with Crippen molar-refractivity contribution in [2.45, 2.75) is 11.6 Å². The van der Waals surface area contributed by atoms with Crippen molar-refractivity contribution in [2.75, 3.05) is 11.8 Å². The molecule has 108 valence electrons. The highest BCUT2D eigenvalue weighted by Gasteiger charge is 2.20. The van der Waals surface area contributed by atoms with Gasteiger partial charge in [0.2, 0.25) is 5.09 Å². The van der Waals surface area contributed by atoms with Crippen LogP contribution in [0, 0.1) is 11.6 Å². The van der Waals surface area contributed by atoms with Crippen LogP contribution in [-0.4, -0.2) is 15.5 Å². The molecule has 1 heterocycles. The molecule has 0 saturated heterocycles. The zero-order valence-electron chi connectivity index (χ0n) is 10.5. The molecule has 2 N–H and O–H groups in total. The Kier molecular flexibility index (Phi) is 4.05. The van der Waals surface area contributed by atoms with Crippen molar-refractivity contribution in [2.24, 2.45) is 0 Å². The van der Waals surface area contributed by atoms with Crippen LogP contribution >= 0.6 is 0 Å². The van der Waals surface area contributed by atoms with Crippen molar-refractivity contribution < 1.29 is 21.6 Å². The first-order valence-corrected chi connectivity index (χ1v) is 7.12. The Morgan fingerprint density at radius 1 is 1.20 bits per heavy atom. The second-order valence-corrected chi connectivity index (χ2v) is 5.59. The Morgan fingerprint density at radius 3 is 2.60 bits per heavy atom. The Balaban J connectivity index is 2.26. The van der Waals surface area contributed by atoms with Gasteiger partial charge >= 0.3 is 0 Å². The monoisotopic (exact) mass is 302 g/mol. The predicted molar refractivity (Wildman–Crippen MR) is 68.6 cm³/mol. The van der Waals surface area contributed by atoms with E-state index < -0.39 is 21.7 Å². The SMILES string of the molecule is CNCc1ccc(S(=O)(=O)Nc2ccc(F)cc2F)o1. The summed E-state index contributed by atoms with van der Waals surface area (Å²) < 4.78 is 57.2. The average Bonchev–Trinajstić information content (AvgIpc) is 2.83. The molecule has 0 fully saturated rings. The summed E-state index contributed by atoms with van der Waals surface area (Å²) in [6, 6.07) is 5.30. The Bertz CT molecular complexity index is 713. The van der Waals surface area contributed by atoms with Crippen molar-refractivity contribution in [1.29, 1.82) is 0 Å². The first kappa shape index (κ1) is 14.5. The van der Waals surface area contributed by atoms with Crippen LogP contribution in [0.15, 0.2) is 39.8 Å². The molecule has 0 amide bonds. The molecule has 2 rings (SSSR count). The molecule has 0 aliphatic heterocycles. The van der Waals surface area contributed by atoms with Crippen molar-refractivity contribution in [3.63, 3.8) is 0 Å². The molecular weight excluding hydrogens is 290 g/mol. The van der Waals surface area contributed by atoms with E-state index in [-0.39, 0.29) is 10.8 Å². The first-order chi connectivity index (χ1) is 9.42. The third kappa shape index (κ3) is 3.14. The number of benzene rings is 1. The van der Waals surface area contributed by atoms with E-state index in [1.54, 1.807) is 7.05 Å². The van der Waals surface area contributed by atoms with Crippen LogP contribution in [0.2, 0.25) is 0 Å². The highest BCUT2D eigenvalue weighted by molar-refractivity contribution is 7.92.